The number of ether oxygens (including phenoxy) is 1. The molecule has 3 aromatic rings. The largest absolute Gasteiger partial charge is 0.489 e. The van der Waals surface area contributed by atoms with E-state index < -0.39 is 58.6 Å². The second-order valence-electron chi connectivity index (χ2n) is 10.2. The minimum Gasteiger partial charge on any atom is -0.489 e. The van der Waals surface area contributed by atoms with Gasteiger partial charge in [0.1, 0.15) is 42.6 Å². The number of oxime groups is 1. The van der Waals surface area contributed by atoms with Crippen LogP contribution in [0, 0.1) is 0 Å². The van der Waals surface area contributed by atoms with Gasteiger partial charge in [-0.3, -0.25) is 23.8 Å². The number of hydrogen-bond donors (Lipinski definition) is 6. The number of carboxylic acid groups (broad SMARTS) is 1. The molecule has 0 radical (unpaired) electrons. The van der Waals surface area contributed by atoms with Crippen molar-refractivity contribution in [1.29, 1.82) is 0 Å². The van der Waals surface area contributed by atoms with Gasteiger partial charge >= 0.3 is 16.3 Å². The van der Waals surface area contributed by atoms with Gasteiger partial charge in [0.15, 0.2) is 10.8 Å². The number of carboxylic acids is 1. The highest BCUT2D eigenvalue weighted by molar-refractivity contribution is 7.84. The predicted molar refractivity (Wildman–Crippen MR) is 164 cm³/mol. The molecule has 0 aliphatic carbocycles. The maximum absolute atomic E-state index is 13.3. The summed E-state index contributed by atoms with van der Waals surface area (Å²) >= 11 is 0.939. The molecule has 22 heteroatoms. The molecule has 2 aliphatic heterocycles. The summed E-state index contributed by atoms with van der Waals surface area (Å²) in [4.78, 5) is 55.4. The van der Waals surface area contributed by atoms with Crippen molar-refractivity contribution in [1.82, 2.24) is 34.7 Å². The summed E-state index contributed by atoms with van der Waals surface area (Å²) in [6.07, 6.45) is 1.58. The number of carbonyl (C=O) groups excluding carboxylic acids is 2. The molecule has 2 aliphatic rings. The van der Waals surface area contributed by atoms with Crippen molar-refractivity contribution in [2.75, 3.05) is 25.4 Å². The third kappa shape index (κ3) is 7.97. The van der Waals surface area contributed by atoms with Gasteiger partial charge in [-0.15, -0.1) is 11.3 Å². The number of thiazole rings is 1. The first-order valence-electron chi connectivity index (χ1n) is 13.8. The number of nitrogens with two attached hydrogens (primary N) is 2. The molecule has 0 bridgehead atoms. The highest BCUT2D eigenvalue weighted by atomic mass is 32.2. The molecule has 250 valence electrons. The molecule has 1 aromatic carbocycles. The molecule has 4 heterocycles. The fourth-order valence-corrected chi connectivity index (χ4v) is 6.07. The van der Waals surface area contributed by atoms with Crippen LogP contribution in [0.4, 0.5) is 5.13 Å². The number of carbonyl (C=O) groups is 3. The molecular formula is C25H29N11O9S2. The zero-order valence-electron chi connectivity index (χ0n) is 24.2. The Balaban J connectivity index is 1.28. The summed E-state index contributed by atoms with van der Waals surface area (Å²) in [6, 6.07) is 3.82. The number of aliphatic imine (C=N–C) groups is 1. The van der Waals surface area contributed by atoms with Gasteiger partial charge < -0.3 is 36.8 Å². The van der Waals surface area contributed by atoms with Crippen LogP contribution in [-0.2, 0) is 36.1 Å². The third-order valence-corrected chi connectivity index (χ3v) is 8.60. The molecule has 0 unspecified atom stereocenters. The van der Waals surface area contributed by atoms with Crippen molar-refractivity contribution in [3.63, 3.8) is 0 Å². The average Bonchev–Trinajstić information content (AvgIpc) is 3.81. The zero-order chi connectivity index (χ0) is 33.7. The van der Waals surface area contributed by atoms with Gasteiger partial charge in [-0.2, -0.15) is 13.5 Å². The lowest BCUT2D eigenvalue weighted by molar-refractivity contribution is -0.152. The van der Waals surface area contributed by atoms with Gasteiger partial charge in [-0.05, 0) is 37.2 Å². The number of rotatable bonds is 14. The topological polar surface area (TPSA) is 292 Å². The molecule has 2 fully saturated rings. The highest BCUT2D eigenvalue weighted by Crippen LogP contribution is 2.25. The maximum Gasteiger partial charge on any atom is 0.362 e. The van der Waals surface area contributed by atoms with Crippen LogP contribution in [0.5, 0.6) is 5.75 Å². The summed E-state index contributed by atoms with van der Waals surface area (Å²) in [5.41, 5.74) is 11.8. The number of benzene rings is 1. The predicted octanol–water partition coefficient (Wildman–Crippen LogP) is -2.16. The van der Waals surface area contributed by atoms with Crippen molar-refractivity contribution < 1.29 is 42.0 Å². The van der Waals surface area contributed by atoms with Gasteiger partial charge in [-0.1, -0.05) is 5.16 Å². The summed E-state index contributed by atoms with van der Waals surface area (Å²) in [6.45, 7) is 0.820. The smallest absolute Gasteiger partial charge is 0.362 e. The zero-order valence-corrected chi connectivity index (χ0v) is 25.9. The van der Waals surface area contributed by atoms with Crippen molar-refractivity contribution in [2.45, 2.75) is 37.2 Å². The van der Waals surface area contributed by atoms with E-state index in [0.717, 1.165) is 30.8 Å². The van der Waals surface area contributed by atoms with E-state index in [1.165, 1.54) is 22.7 Å². The van der Waals surface area contributed by atoms with E-state index in [9.17, 15) is 32.5 Å². The van der Waals surface area contributed by atoms with Crippen molar-refractivity contribution in [3.05, 3.63) is 53.6 Å². The molecule has 8 N–H and O–H groups in total. The first-order chi connectivity index (χ1) is 22.4. The van der Waals surface area contributed by atoms with Crippen LogP contribution < -0.4 is 26.8 Å². The van der Waals surface area contributed by atoms with Crippen LogP contribution in [0.1, 0.15) is 17.7 Å². The minimum atomic E-state index is -4.98. The Hall–Kier alpha value is -5.19. The van der Waals surface area contributed by atoms with E-state index in [1.54, 1.807) is 24.3 Å². The molecular weight excluding hydrogens is 662 g/mol. The monoisotopic (exact) mass is 691 g/mol. The molecule has 2 saturated heterocycles. The van der Waals surface area contributed by atoms with E-state index in [2.05, 4.69) is 35.8 Å². The number of nitrogens with zero attached hydrogens (tertiary/aromatic N) is 7. The summed E-state index contributed by atoms with van der Waals surface area (Å²) < 4.78 is 40.1. The lowest BCUT2D eigenvalue weighted by Crippen LogP contribution is -2.73. The number of amides is 2. The van der Waals surface area contributed by atoms with Gasteiger partial charge in [-0.25, -0.2) is 19.1 Å². The maximum atomic E-state index is 13.3. The lowest BCUT2D eigenvalue weighted by atomic mass is 9.98. The Labute approximate surface area is 270 Å². The van der Waals surface area contributed by atoms with E-state index in [4.69, 9.17) is 21.0 Å². The number of hydrogen-bond acceptors (Lipinski definition) is 15. The summed E-state index contributed by atoms with van der Waals surface area (Å²) in [7, 11) is -4.98. The standard InChI is InChI=1S/C25H29N11O9S2/c26-21(31-14-5-6-28-7-14)13-1-3-15(4-2-13)44-9-18(24(39)40)45-34-19(16-10-46-25(27)32-16)22(37)33-20-17(8-35-12-29-11-30-35)36(23(20)38)47(41,42)43/h1-4,10-12,14,17-18,20,28H,5-9H2,(H2,26,31)(H2,27,32)(H,33,37)(H,39,40)(H,41,42,43)/t14-,17+,18+,20+/m1/s1. The Bertz CT molecular complexity index is 1770. The highest BCUT2D eigenvalue weighted by Gasteiger charge is 2.54. The van der Waals surface area contributed by atoms with Crippen LogP contribution in [0.3, 0.4) is 0 Å². The number of nitrogens with one attached hydrogen (secondary N) is 2. The molecule has 2 aromatic heterocycles. The fourth-order valence-electron chi connectivity index (χ4n) is 4.65. The molecule has 5 rings (SSSR count). The Morgan fingerprint density at radius 2 is 2.04 bits per heavy atom. The molecule has 47 heavy (non-hydrogen) atoms. The number of β-lactam (4-membered cyclic amide) rings is 1. The third-order valence-electron chi connectivity index (χ3n) is 6.98. The van der Waals surface area contributed by atoms with Gasteiger partial charge in [0.05, 0.1) is 18.6 Å². The van der Waals surface area contributed by atoms with Gasteiger partial charge in [0.25, 0.3) is 17.9 Å². The average molecular weight is 692 g/mol. The van der Waals surface area contributed by atoms with E-state index in [1.807, 2.05) is 0 Å². The number of anilines is 1. The normalized spacial score (nSPS) is 20.8. The van der Waals surface area contributed by atoms with E-state index in [0.29, 0.717) is 17.1 Å². The van der Waals surface area contributed by atoms with Crippen LogP contribution >= 0.6 is 11.3 Å². The van der Waals surface area contributed by atoms with Crippen molar-refractivity contribution in [3.8, 4) is 5.75 Å². The SMILES string of the molecule is NC(=N[C@@H]1CCNC1)c1ccc(OC[C@H](ON=C(C(=O)N[C@@H]2C(=O)N(S(=O)(=O)O)[C@H]2Cn2cncn2)c2csc(N)n2)C(=O)O)cc1. The molecule has 20 nitrogen and oxygen atoms in total. The summed E-state index contributed by atoms with van der Waals surface area (Å²) in [5.74, 6) is -3.05. The van der Waals surface area contributed by atoms with Crippen LogP contribution in [0.2, 0.25) is 0 Å². The van der Waals surface area contributed by atoms with E-state index >= 15 is 0 Å². The number of nitrogen functional groups attached to an aromatic ring is 1. The number of amidine groups is 1. The molecule has 0 spiro atoms. The quantitative estimate of drug-likeness (QED) is 0.0345. The second kappa shape index (κ2) is 14.1. The van der Waals surface area contributed by atoms with Gasteiger partial charge in [0, 0.05) is 17.5 Å². The first kappa shape index (κ1) is 33.2. The molecule has 4 atom stereocenters. The van der Waals surface area contributed by atoms with Gasteiger partial charge in [0.2, 0.25) is 0 Å². The van der Waals surface area contributed by atoms with Crippen LogP contribution in [0.25, 0.3) is 0 Å². The second-order valence-corrected chi connectivity index (χ2v) is 12.4. The number of aliphatic carboxylic acids is 1. The summed E-state index contributed by atoms with van der Waals surface area (Å²) in [5, 5.41) is 24.2. The fraction of sp³-hybridized carbons (Fsp3) is 0.360. The van der Waals surface area contributed by atoms with Crippen LogP contribution in [-0.4, -0.2) is 115 Å². The minimum absolute atomic E-state index is 0.0361. The molecule has 2 amide bonds. The molecule has 0 saturated carbocycles. The Morgan fingerprint density at radius 1 is 1.28 bits per heavy atom. The Kier molecular flexibility index (Phi) is 9.93. The Morgan fingerprint density at radius 3 is 2.64 bits per heavy atom. The first-order valence-corrected chi connectivity index (χ1v) is 16.1. The van der Waals surface area contributed by atoms with E-state index in [-0.39, 0.29) is 27.7 Å². The van der Waals surface area contributed by atoms with Crippen molar-refractivity contribution in [2.24, 2.45) is 15.9 Å². The number of aromatic nitrogens is 4. The lowest BCUT2D eigenvalue weighted by Gasteiger charge is -2.43. The van der Waals surface area contributed by atoms with Crippen molar-refractivity contribution >= 4 is 56.1 Å². The van der Waals surface area contributed by atoms with Crippen LogP contribution in [0.15, 0.2) is 52.4 Å².